The molecule has 32 heavy (non-hydrogen) atoms. The van der Waals surface area contributed by atoms with E-state index in [0.717, 1.165) is 12.1 Å². The lowest BCUT2D eigenvalue weighted by molar-refractivity contribution is -0.125. The molecule has 0 radical (unpaired) electrons. The Morgan fingerprint density at radius 1 is 0.719 bits per heavy atom. The number of hydrogen-bond donors (Lipinski definition) is 2. The second kappa shape index (κ2) is 9.56. The van der Waals surface area contributed by atoms with Crippen molar-refractivity contribution in [2.45, 2.75) is 23.6 Å². The van der Waals surface area contributed by atoms with Crippen LogP contribution in [-0.4, -0.2) is 47.8 Å². The topological polar surface area (TPSA) is 190 Å². The van der Waals surface area contributed by atoms with Gasteiger partial charge in [-0.3, -0.25) is 4.79 Å². The zero-order chi connectivity index (χ0) is 24.3. The van der Waals surface area contributed by atoms with Crippen molar-refractivity contribution in [2.75, 3.05) is 13.2 Å². The van der Waals surface area contributed by atoms with Gasteiger partial charge in [0.15, 0.2) is 13.2 Å². The van der Waals surface area contributed by atoms with Crippen molar-refractivity contribution < 1.29 is 40.7 Å². The lowest BCUT2D eigenvalue weighted by Crippen LogP contribution is -2.22. The predicted molar refractivity (Wildman–Crippen MR) is 111 cm³/mol. The van der Waals surface area contributed by atoms with E-state index in [9.17, 15) is 31.2 Å². The molecule has 0 spiro atoms. The van der Waals surface area contributed by atoms with Gasteiger partial charge in [-0.2, -0.15) is 0 Å². The van der Waals surface area contributed by atoms with Crippen molar-refractivity contribution >= 4 is 37.8 Å². The van der Waals surface area contributed by atoms with Gasteiger partial charge in [0.25, 0.3) is 0 Å². The van der Waals surface area contributed by atoms with E-state index in [1.54, 1.807) is 0 Å². The maximum absolute atomic E-state index is 12.2. The zero-order valence-electron chi connectivity index (χ0n) is 17.0. The second-order valence-electron chi connectivity index (χ2n) is 6.73. The van der Waals surface area contributed by atoms with E-state index in [1.807, 2.05) is 0 Å². The largest absolute Gasteiger partial charge is 0.454 e. The van der Waals surface area contributed by atoms with Gasteiger partial charge < -0.3 is 9.47 Å². The lowest BCUT2D eigenvalue weighted by Gasteiger charge is -2.10. The number of nitrogens with two attached hydrogens (primary N) is 2. The first-order valence-electron chi connectivity index (χ1n) is 8.83. The molecule has 0 saturated carbocycles. The molecule has 0 bridgehead atoms. The summed E-state index contributed by atoms with van der Waals surface area (Å²) in [6.07, 6.45) is 0. The molecule has 2 rings (SSSR count). The van der Waals surface area contributed by atoms with Crippen molar-refractivity contribution in [3.8, 4) is 0 Å². The molecule has 0 aliphatic heterocycles. The monoisotopic (exact) mass is 484 g/mol. The average Bonchev–Trinajstić information content (AvgIpc) is 2.69. The number of aryl methyl sites for hydroxylation is 2. The molecule has 0 fully saturated rings. The summed E-state index contributed by atoms with van der Waals surface area (Å²) in [6.45, 7) is 1.57. The van der Waals surface area contributed by atoms with Crippen molar-refractivity contribution in [2.24, 2.45) is 10.3 Å². The third-order valence-electron chi connectivity index (χ3n) is 4.24. The highest BCUT2D eigenvalue weighted by Gasteiger charge is 2.19. The molecule has 0 aliphatic rings. The standard InChI is InChI=1S/C19H20N2O9S2/c1-11-3-5-14(31(20,25)26)7-16(11)18(23)29-9-13(22)10-30-19(24)17-8-15(32(21,27)28)6-4-12(17)2/h3-8H,9-10H2,1-2H3,(H2,20,25,26)(H2,21,27,28). The summed E-state index contributed by atoms with van der Waals surface area (Å²) in [6, 6.07) is 7.21. The van der Waals surface area contributed by atoms with E-state index in [4.69, 9.17) is 19.8 Å². The molecule has 172 valence electrons. The van der Waals surface area contributed by atoms with Crippen LogP contribution >= 0.6 is 0 Å². The Balaban J connectivity index is 2.00. The smallest absolute Gasteiger partial charge is 0.338 e. The lowest BCUT2D eigenvalue weighted by atomic mass is 10.1. The number of esters is 2. The molecular formula is C19H20N2O9S2. The van der Waals surface area contributed by atoms with Crippen LogP contribution in [0.25, 0.3) is 0 Å². The Morgan fingerprint density at radius 2 is 1.06 bits per heavy atom. The Kier molecular flexibility index (Phi) is 7.51. The molecule has 2 aromatic rings. The molecule has 0 saturated heterocycles. The van der Waals surface area contributed by atoms with Crippen molar-refractivity contribution in [1.82, 2.24) is 0 Å². The van der Waals surface area contributed by atoms with Gasteiger partial charge in [-0.15, -0.1) is 0 Å². The second-order valence-corrected chi connectivity index (χ2v) is 9.86. The molecule has 4 N–H and O–H groups in total. The molecule has 0 atom stereocenters. The zero-order valence-corrected chi connectivity index (χ0v) is 18.7. The van der Waals surface area contributed by atoms with E-state index in [-0.39, 0.29) is 20.9 Å². The number of benzene rings is 2. The summed E-state index contributed by atoms with van der Waals surface area (Å²) in [7, 11) is -8.09. The van der Waals surface area contributed by atoms with Crippen LogP contribution in [0.4, 0.5) is 0 Å². The number of sulfonamides is 2. The van der Waals surface area contributed by atoms with E-state index in [2.05, 4.69) is 0 Å². The fourth-order valence-electron chi connectivity index (χ4n) is 2.49. The number of carbonyl (C=O) groups is 3. The minimum absolute atomic E-state index is 0.100. The van der Waals surface area contributed by atoms with Crippen molar-refractivity contribution in [1.29, 1.82) is 0 Å². The molecule has 0 aromatic heterocycles. The van der Waals surface area contributed by atoms with Crippen LogP contribution < -0.4 is 10.3 Å². The molecule has 11 nitrogen and oxygen atoms in total. The molecule has 0 amide bonds. The Labute approximate surface area is 184 Å². The molecule has 2 aromatic carbocycles. The maximum Gasteiger partial charge on any atom is 0.338 e. The quantitative estimate of drug-likeness (QED) is 0.492. The van der Waals surface area contributed by atoms with Gasteiger partial charge in [0, 0.05) is 0 Å². The number of carbonyl (C=O) groups excluding carboxylic acids is 3. The third kappa shape index (κ3) is 6.43. The van der Waals surface area contributed by atoms with Crippen LogP contribution in [0.1, 0.15) is 31.8 Å². The van der Waals surface area contributed by atoms with Crippen molar-refractivity contribution in [3.05, 3.63) is 58.7 Å². The molecule has 0 aliphatic carbocycles. The number of hydrogen-bond acceptors (Lipinski definition) is 9. The third-order valence-corrected chi connectivity index (χ3v) is 6.07. The Morgan fingerprint density at radius 3 is 1.38 bits per heavy atom. The predicted octanol–water partition coefficient (Wildman–Crippen LogP) is 0.181. The first kappa shape index (κ1) is 25.1. The van der Waals surface area contributed by atoms with E-state index < -0.39 is 51.0 Å². The van der Waals surface area contributed by atoms with Crippen LogP contribution in [0.2, 0.25) is 0 Å². The molecule has 0 unspecified atom stereocenters. The van der Waals surface area contributed by atoms with E-state index in [0.29, 0.717) is 11.1 Å². The van der Waals surface area contributed by atoms with Crippen molar-refractivity contribution in [3.63, 3.8) is 0 Å². The van der Waals surface area contributed by atoms with E-state index >= 15 is 0 Å². The van der Waals surface area contributed by atoms with Gasteiger partial charge in [0.2, 0.25) is 25.8 Å². The average molecular weight is 485 g/mol. The summed E-state index contributed by atoms with van der Waals surface area (Å²) >= 11 is 0. The van der Waals surface area contributed by atoms with Crippen LogP contribution in [0, 0.1) is 13.8 Å². The van der Waals surface area contributed by atoms with Crippen LogP contribution in [0.15, 0.2) is 46.2 Å². The molecule has 0 heterocycles. The summed E-state index contributed by atoms with van der Waals surface area (Å²) in [5.74, 6) is -2.71. The van der Waals surface area contributed by atoms with Gasteiger partial charge in [-0.05, 0) is 49.2 Å². The Hall–Kier alpha value is -3.13. The SMILES string of the molecule is Cc1ccc(S(N)(=O)=O)cc1C(=O)OCC(=O)COC(=O)c1cc(S(N)(=O)=O)ccc1C. The van der Waals surface area contributed by atoms with Gasteiger partial charge in [-0.1, -0.05) is 12.1 Å². The first-order valence-corrected chi connectivity index (χ1v) is 11.9. The summed E-state index contributed by atoms with van der Waals surface area (Å²) < 4.78 is 55.4. The van der Waals surface area contributed by atoms with Gasteiger partial charge in [0.1, 0.15) is 0 Å². The minimum atomic E-state index is -4.05. The number of ether oxygens (including phenoxy) is 2. The van der Waals surface area contributed by atoms with Gasteiger partial charge >= 0.3 is 11.9 Å². The highest BCUT2D eigenvalue weighted by molar-refractivity contribution is 7.89. The summed E-state index contributed by atoms with van der Waals surface area (Å²) in [4.78, 5) is 35.7. The molecule has 13 heteroatoms. The van der Waals surface area contributed by atoms with Gasteiger partial charge in [-0.25, -0.2) is 36.7 Å². The van der Waals surface area contributed by atoms with Gasteiger partial charge in [0.05, 0.1) is 20.9 Å². The van der Waals surface area contributed by atoms with Crippen LogP contribution in [0.5, 0.6) is 0 Å². The number of rotatable bonds is 8. The maximum atomic E-state index is 12.2. The summed E-state index contributed by atoms with van der Waals surface area (Å²) in [5, 5.41) is 10.1. The fourth-order valence-corrected chi connectivity index (χ4v) is 3.56. The fraction of sp³-hybridized carbons (Fsp3) is 0.211. The number of primary sulfonamides is 2. The highest BCUT2D eigenvalue weighted by atomic mass is 32.2. The summed E-state index contributed by atoms with van der Waals surface area (Å²) in [5.41, 5.74) is 0.589. The number of Topliss-reactive ketones (excluding diaryl/α,β-unsaturated/α-hetero) is 1. The number of ketones is 1. The normalized spacial score (nSPS) is 11.6. The first-order chi connectivity index (χ1) is 14.7. The highest BCUT2D eigenvalue weighted by Crippen LogP contribution is 2.17. The van der Waals surface area contributed by atoms with Crippen LogP contribution in [-0.2, 0) is 34.3 Å². The Bertz CT molecular complexity index is 1200. The minimum Gasteiger partial charge on any atom is -0.454 e. The molecular weight excluding hydrogens is 464 g/mol. The van der Waals surface area contributed by atoms with Crippen LogP contribution in [0.3, 0.4) is 0 Å². The van der Waals surface area contributed by atoms with E-state index in [1.165, 1.54) is 38.1 Å².